The Morgan fingerprint density at radius 1 is 1.33 bits per heavy atom. The molecule has 2 nitrogen and oxygen atoms in total. The van der Waals surface area contributed by atoms with Gasteiger partial charge in [-0.1, -0.05) is 36.8 Å². The fourth-order valence-electron chi connectivity index (χ4n) is 1.30. The summed E-state index contributed by atoms with van der Waals surface area (Å²) in [5.41, 5.74) is 1.89. The topological polar surface area (TPSA) is 31.2 Å². The summed E-state index contributed by atoms with van der Waals surface area (Å²) in [6, 6.07) is 7.65. The molecule has 0 saturated carbocycles. The Kier molecular flexibility index (Phi) is 3.65. The van der Waals surface area contributed by atoms with Crippen LogP contribution in [0.15, 0.2) is 24.3 Å². The van der Waals surface area contributed by atoms with Crippen LogP contribution in [0.1, 0.15) is 18.4 Å². The van der Waals surface area contributed by atoms with E-state index in [9.17, 15) is 4.79 Å². The number of rotatable bonds is 0. The molecule has 1 aromatic carbocycles. The quantitative estimate of drug-likeness (QED) is 0.583. The second-order valence-electron chi connectivity index (χ2n) is 2.73. The first kappa shape index (κ1) is 10.6. The molecule has 0 aromatic heterocycles. The summed E-state index contributed by atoms with van der Waals surface area (Å²) < 4.78 is 0. The van der Waals surface area contributed by atoms with Crippen LogP contribution in [0.2, 0.25) is 0 Å². The Morgan fingerprint density at radius 2 is 2.00 bits per heavy atom. The summed E-state index contributed by atoms with van der Waals surface area (Å²) in [6.45, 7) is 1.89. The van der Waals surface area contributed by atoms with Gasteiger partial charge in [0.1, 0.15) is 0 Å². The summed E-state index contributed by atoms with van der Waals surface area (Å²) in [4.78, 5) is 11.1. The molecule has 0 radical (unpaired) electrons. The van der Waals surface area contributed by atoms with Gasteiger partial charge >= 0.3 is 58.2 Å². The summed E-state index contributed by atoms with van der Waals surface area (Å²) in [5, 5.41) is 3.89. The molecule has 1 aliphatic heterocycles. The zero-order valence-corrected chi connectivity index (χ0v) is 12.2. The maximum atomic E-state index is 11.1. The Bertz CT molecular complexity index is 311. The van der Waals surface area contributed by atoms with E-state index in [0.29, 0.717) is 0 Å². The molecular weight excluding hydrogens is 224 g/mol. The van der Waals surface area contributed by atoms with Gasteiger partial charge in [0.05, 0.1) is 5.91 Å². The number of para-hydroxylation sites is 1. The van der Waals surface area contributed by atoms with Crippen LogP contribution in [-0.4, -0.2) is 5.91 Å². The van der Waals surface area contributed by atoms with Crippen LogP contribution in [0, 0.1) is 0 Å². The van der Waals surface area contributed by atoms with Crippen LogP contribution >= 0.6 is 0 Å². The molecule has 0 bridgehead atoms. The van der Waals surface area contributed by atoms with Crippen LogP contribution in [0.25, 0.3) is 5.32 Å². The van der Waals surface area contributed by atoms with Crippen molar-refractivity contribution < 1.29 is 63.0 Å². The number of fused-ring (bicyclic) bond motifs is 1. The first-order chi connectivity index (χ1) is 5.29. The zero-order chi connectivity index (χ0) is 7.84. The van der Waals surface area contributed by atoms with Crippen molar-refractivity contribution in [3.63, 3.8) is 0 Å². The molecule has 12 heavy (non-hydrogen) atoms. The van der Waals surface area contributed by atoms with Gasteiger partial charge in [-0.25, -0.2) is 0 Å². The summed E-state index contributed by atoms with van der Waals surface area (Å²) in [5.74, 6) is -0.0580. The molecule has 3 heteroatoms. The molecule has 1 amide bonds. The van der Waals surface area contributed by atoms with Gasteiger partial charge in [-0.05, 0) is 0 Å². The average molecular weight is 232 g/mol. The van der Waals surface area contributed by atoms with Crippen LogP contribution < -0.4 is 58.2 Å². The molecule has 0 fully saturated rings. The normalized spacial score (nSPS) is 19.4. The summed E-state index contributed by atoms with van der Waals surface area (Å²) in [6.07, 6.45) is 0. The smallest absolute Gasteiger partial charge is 0.626 e. The van der Waals surface area contributed by atoms with Gasteiger partial charge in [-0.2, -0.15) is 0 Å². The van der Waals surface area contributed by atoms with E-state index in [1.54, 1.807) is 0 Å². The molecule has 0 aliphatic carbocycles. The van der Waals surface area contributed by atoms with E-state index in [1.807, 2.05) is 31.2 Å². The fourth-order valence-corrected chi connectivity index (χ4v) is 1.30. The predicted molar refractivity (Wildman–Crippen MR) is 42.9 cm³/mol. The molecule has 56 valence electrons. The maximum Gasteiger partial charge on any atom is 1.00 e. The minimum absolute atomic E-state index is 0. The average Bonchev–Trinajstić information content (AvgIpc) is 2.30. The van der Waals surface area contributed by atoms with Crippen LogP contribution in [-0.2, 0) is 4.79 Å². The molecule has 1 aliphatic rings. The second-order valence-corrected chi connectivity index (χ2v) is 2.73. The van der Waals surface area contributed by atoms with Gasteiger partial charge in [0.25, 0.3) is 0 Å². The van der Waals surface area contributed by atoms with Crippen LogP contribution in [0.3, 0.4) is 0 Å². The number of nitrogens with zero attached hydrogens (tertiary/aromatic N) is 1. The van der Waals surface area contributed by atoms with Gasteiger partial charge in [0, 0.05) is 5.92 Å². The summed E-state index contributed by atoms with van der Waals surface area (Å²) in [7, 11) is 0. The number of carbonyl (C=O) groups excluding carboxylic acids is 1. The van der Waals surface area contributed by atoms with Gasteiger partial charge in [0.2, 0.25) is 0 Å². The third kappa shape index (κ3) is 1.71. The molecule has 1 atom stereocenters. The largest absolute Gasteiger partial charge is 1.00 e. The SMILES string of the molecule is CC1C(=O)[N-]c2ccccc21.[Rb+]. The maximum absolute atomic E-state index is 11.1. The molecule has 0 N–H and O–H groups in total. The Labute approximate surface area is 121 Å². The third-order valence-electron chi connectivity index (χ3n) is 2.00. The van der Waals surface area contributed by atoms with Crippen molar-refractivity contribution in [2.45, 2.75) is 12.8 Å². The Balaban J connectivity index is 0.000000720. The van der Waals surface area contributed by atoms with Gasteiger partial charge in [0.15, 0.2) is 0 Å². The molecule has 1 unspecified atom stereocenters. The Hall–Kier alpha value is 0.495. The van der Waals surface area contributed by atoms with Crippen LogP contribution in [0.5, 0.6) is 0 Å². The van der Waals surface area contributed by atoms with Crippen molar-refractivity contribution in [2.75, 3.05) is 0 Å². The molecule has 1 heterocycles. The number of amides is 1. The molecule has 2 rings (SSSR count). The number of hydrogen-bond donors (Lipinski definition) is 0. The van der Waals surface area contributed by atoms with E-state index in [0.717, 1.165) is 11.3 Å². The van der Waals surface area contributed by atoms with Crippen molar-refractivity contribution in [1.82, 2.24) is 0 Å². The van der Waals surface area contributed by atoms with E-state index < -0.39 is 0 Å². The summed E-state index contributed by atoms with van der Waals surface area (Å²) >= 11 is 0. The zero-order valence-electron chi connectivity index (χ0n) is 7.24. The second kappa shape index (κ2) is 4.14. The van der Waals surface area contributed by atoms with Crippen molar-refractivity contribution >= 4 is 11.6 Å². The van der Waals surface area contributed by atoms with Crippen molar-refractivity contribution in [1.29, 1.82) is 0 Å². The molecular formula is C9H8NORb. The number of hydrogen-bond acceptors (Lipinski definition) is 1. The third-order valence-corrected chi connectivity index (χ3v) is 2.00. The van der Waals surface area contributed by atoms with Crippen LogP contribution in [0.4, 0.5) is 5.69 Å². The molecule has 0 saturated heterocycles. The van der Waals surface area contributed by atoms with Gasteiger partial charge in [-0.3, -0.25) is 0 Å². The minimum Gasteiger partial charge on any atom is -0.626 e. The van der Waals surface area contributed by atoms with E-state index in [4.69, 9.17) is 0 Å². The van der Waals surface area contributed by atoms with Crippen molar-refractivity contribution in [2.24, 2.45) is 0 Å². The fraction of sp³-hybridized carbons (Fsp3) is 0.222. The molecule has 0 spiro atoms. The van der Waals surface area contributed by atoms with Gasteiger partial charge in [-0.15, -0.1) is 5.69 Å². The standard InChI is InChI=1S/C9H9NO.Rb/c1-6-7-4-2-3-5-8(7)10-9(6)11;/h2-6H,1H3,(H,10,11);/q;+1/p-1. The number of benzene rings is 1. The Morgan fingerprint density at radius 3 is 2.67 bits per heavy atom. The monoisotopic (exact) mass is 231 g/mol. The minimum atomic E-state index is -0.0359. The first-order valence-corrected chi connectivity index (χ1v) is 3.63. The van der Waals surface area contributed by atoms with E-state index in [2.05, 4.69) is 5.32 Å². The molecule has 1 aromatic rings. The van der Waals surface area contributed by atoms with E-state index in [1.165, 1.54) is 0 Å². The van der Waals surface area contributed by atoms with E-state index in [-0.39, 0.29) is 70.0 Å². The number of carbonyl (C=O) groups is 1. The predicted octanol–water partition coefficient (Wildman–Crippen LogP) is -0.661. The van der Waals surface area contributed by atoms with Gasteiger partial charge < -0.3 is 10.1 Å². The first-order valence-electron chi connectivity index (χ1n) is 3.63. The van der Waals surface area contributed by atoms with Crippen molar-refractivity contribution in [3.8, 4) is 0 Å². The van der Waals surface area contributed by atoms with Crippen molar-refractivity contribution in [3.05, 3.63) is 35.1 Å². The van der Waals surface area contributed by atoms with E-state index >= 15 is 0 Å².